The molecular formula is C21H24N4O2S. The van der Waals surface area contributed by atoms with Crippen molar-refractivity contribution in [1.82, 2.24) is 4.98 Å². The van der Waals surface area contributed by atoms with E-state index in [4.69, 9.17) is 15.2 Å². The van der Waals surface area contributed by atoms with Crippen LogP contribution in [0.2, 0.25) is 0 Å². The molecule has 0 fully saturated rings. The van der Waals surface area contributed by atoms with Crippen molar-refractivity contribution in [2.75, 3.05) is 37.3 Å². The van der Waals surface area contributed by atoms with E-state index in [0.29, 0.717) is 12.4 Å². The summed E-state index contributed by atoms with van der Waals surface area (Å²) in [4.78, 5) is 5.47. The number of anilines is 2. The van der Waals surface area contributed by atoms with Crippen LogP contribution < -0.4 is 25.2 Å². The summed E-state index contributed by atoms with van der Waals surface area (Å²) >= 11 is 1.49. The smallest absolute Gasteiger partial charge is 0.213 e. The van der Waals surface area contributed by atoms with Gasteiger partial charge in [-0.25, -0.2) is 4.98 Å². The van der Waals surface area contributed by atoms with Gasteiger partial charge < -0.3 is 25.2 Å². The highest BCUT2D eigenvalue weighted by molar-refractivity contribution is 8.00. The predicted octanol–water partition coefficient (Wildman–Crippen LogP) is 4.26. The second kappa shape index (κ2) is 9.87. The molecule has 146 valence electrons. The molecule has 0 unspecified atom stereocenters. The Morgan fingerprint density at radius 1 is 0.964 bits per heavy atom. The first-order valence-corrected chi connectivity index (χ1v) is 9.71. The first kappa shape index (κ1) is 19.9. The average molecular weight is 397 g/mol. The van der Waals surface area contributed by atoms with E-state index >= 15 is 0 Å². The van der Waals surface area contributed by atoms with E-state index in [9.17, 15) is 0 Å². The second-order valence-corrected chi connectivity index (χ2v) is 6.78. The highest BCUT2D eigenvalue weighted by Crippen LogP contribution is 2.34. The zero-order chi connectivity index (χ0) is 19.8. The summed E-state index contributed by atoms with van der Waals surface area (Å²) < 4.78 is 14.1. The molecule has 0 saturated heterocycles. The molecule has 7 heteroatoms. The minimum atomic E-state index is 0.586. The second-order valence-electron chi connectivity index (χ2n) is 5.93. The molecular weight excluding hydrogens is 372 g/mol. The van der Waals surface area contributed by atoms with Gasteiger partial charge in [0.05, 0.1) is 24.8 Å². The highest BCUT2D eigenvalue weighted by Gasteiger charge is 2.09. The van der Waals surface area contributed by atoms with Crippen LogP contribution in [-0.2, 0) is 0 Å². The SMILES string of the molecule is COc1cccc(-c2ccc(OC)c(SNc3cccc(NCCN)c3)c2)n1. The topological polar surface area (TPSA) is 81.4 Å². The first-order chi connectivity index (χ1) is 13.7. The lowest BCUT2D eigenvalue weighted by molar-refractivity contribution is 0.398. The van der Waals surface area contributed by atoms with E-state index in [2.05, 4.69) is 21.1 Å². The van der Waals surface area contributed by atoms with Crippen LogP contribution in [-0.4, -0.2) is 32.3 Å². The summed E-state index contributed by atoms with van der Waals surface area (Å²) in [6, 6.07) is 19.8. The maximum absolute atomic E-state index is 5.55. The minimum absolute atomic E-state index is 0.586. The van der Waals surface area contributed by atoms with Gasteiger partial charge in [-0.1, -0.05) is 12.1 Å². The van der Waals surface area contributed by atoms with Gasteiger partial charge in [0.25, 0.3) is 0 Å². The Balaban J connectivity index is 1.79. The summed E-state index contributed by atoms with van der Waals surface area (Å²) in [7, 11) is 3.28. The Morgan fingerprint density at radius 3 is 2.57 bits per heavy atom. The lowest BCUT2D eigenvalue weighted by Gasteiger charge is -2.13. The van der Waals surface area contributed by atoms with Gasteiger partial charge in [-0.2, -0.15) is 0 Å². The van der Waals surface area contributed by atoms with Crippen molar-refractivity contribution in [3.8, 4) is 22.9 Å². The predicted molar refractivity (Wildman–Crippen MR) is 116 cm³/mol. The fourth-order valence-corrected chi connectivity index (χ4v) is 3.42. The first-order valence-electron chi connectivity index (χ1n) is 8.90. The number of aromatic nitrogens is 1. The van der Waals surface area contributed by atoms with E-state index in [1.165, 1.54) is 11.9 Å². The van der Waals surface area contributed by atoms with Crippen LogP contribution in [0.4, 0.5) is 11.4 Å². The average Bonchev–Trinajstić information content (AvgIpc) is 2.76. The van der Waals surface area contributed by atoms with Crippen LogP contribution in [0.1, 0.15) is 0 Å². The molecule has 0 radical (unpaired) electrons. The van der Waals surface area contributed by atoms with Gasteiger partial charge in [0.2, 0.25) is 5.88 Å². The molecule has 1 aromatic heterocycles. The van der Waals surface area contributed by atoms with Gasteiger partial charge >= 0.3 is 0 Å². The fourth-order valence-electron chi connectivity index (χ4n) is 2.63. The summed E-state index contributed by atoms with van der Waals surface area (Å²) in [6.07, 6.45) is 0. The Labute approximate surface area is 169 Å². The third kappa shape index (κ3) is 5.09. The molecule has 2 aromatic carbocycles. The molecule has 1 heterocycles. The Bertz CT molecular complexity index is 920. The molecule has 6 nitrogen and oxygen atoms in total. The number of ether oxygens (including phenoxy) is 2. The molecule has 3 rings (SSSR count). The molecule has 0 atom stereocenters. The van der Waals surface area contributed by atoms with Crippen molar-refractivity contribution in [1.29, 1.82) is 0 Å². The molecule has 28 heavy (non-hydrogen) atoms. The van der Waals surface area contributed by atoms with E-state index in [-0.39, 0.29) is 0 Å². The number of methoxy groups -OCH3 is 2. The lowest BCUT2D eigenvalue weighted by Crippen LogP contribution is -2.12. The number of benzene rings is 2. The number of pyridine rings is 1. The maximum atomic E-state index is 5.55. The van der Waals surface area contributed by atoms with Crippen LogP contribution in [0.25, 0.3) is 11.3 Å². The quantitative estimate of drug-likeness (QED) is 0.466. The van der Waals surface area contributed by atoms with Gasteiger partial charge in [0, 0.05) is 36.1 Å². The Hall–Kier alpha value is -2.90. The zero-order valence-corrected chi connectivity index (χ0v) is 16.8. The number of nitrogens with two attached hydrogens (primary N) is 1. The molecule has 0 aliphatic rings. The third-order valence-corrected chi connectivity index (χ3v) is 4.88. The molecule has 0 aliphatic heterocycles. The number of nitrogens with one attached hydrogen (secondary N) is 2. The van der Waals surface area contributed by atoms with E-state index in [0.717, 1.165) is 39.8 Å². The number of nitrogens with zero attached hydrogens (tertiary/aromatic N) is 1. The zero-order valence-electron chi connectivity index (χ0n) is 15.9. The number of hydrogen-bond acceptors (Lipinski definition) is 7. The van der Waals surface area contributed by atoms with E-state index < -0.39 is 0 Å². The van der Waals surface area contributed by atoms with Crippen molar-refractivity contribution < 1.29 is 9.47 Å². The molecule has 0 bridgehead atoms. The van der Waals surface area contributed by atoms with Gasteiger partial charge in [0.1, 0.15) is 5.75 Å². The monoisotopic (exact) mass is 396 g/mol. The minimum Gasteiger partial charge on any atom is -0.496 e. The molecule has 0 amide bonds. The summed E-state index contributed by atoms with van der Waals surface area (Å²) in [5, 5.41) is 3.28. The van der Waals surface area contributed by atoms with Gasteiger partial charge in [-0.05, 0) is 54.4 Å². The summed E-state index contributed by atoms with van der Waals surface area (Å²) in [6.45, 7) is 1.33. The number of rotatable bonds is 9. The van der Waals surface area contributed by atoms with Crippen molar-refractivity contribution in [2.24, 2.45) is 5.73 Å². The summed E-state index contributed by atoms with van der Waals surface area (Å²) in [5.41, 5.74) is 9.40. The molecule has 0 aliphatic carbocycles. The van der Waals surface area contributed by atoms with Crippen LogP contribution >= 0.6 is 11.9 Å². The maximum Gasteiger partial charge on any atom is 0.213 e. The summed E-state index contributed by atoms with van der Waals surface area (Å²) in [5.74, 6) is 1.38. The van der Waals surface area contributed by atoms with Gasteiger partial charge in [0.15, 0.2) is 0 Å². The number of hydrogen-bond donors (Lipinski definition) is 3. The van der Waals surface area contributed by atoms with Gasteiger partial charge in [-0.3, -0.25) is 0 Å². The fraction of sp³-hybridized carbons (Fsp3) is 0.190. The third-order valence-electron chi connectivity index (χ3n) is 4.01. The standard InChI is InChI=1S/C21H24N4O2S/c1-26-19-10-9-15(18-7-4-8-21(24-18)27-2)13-20(19)28-25-17-6-3-5-16(14-17)23-12-11-22/h3-10,13-14,23,25H,11-12,22H2,1-2H3. The highest BCUT2D eigenvalue weighted by atomic mass is 32.2. The van der Waals surface area contributed by atoms with Crippen molar-refractivity contribution in [3.63, 3.8) is 0 Å². The molecule has 0 saturated carbocycles. The Kier molecular flexibility index (Phi) is 7.00. The van der Waals surface area contributed by atoms with Crippen LogP contribution in [0, 0.1) is 0 Å². The van der Waals surface area contributed by atoms with Crippen LogP contribution in [0.5, 0.6) is 11.6 Å². The largest absolute Gasteiger partial charge is 0.496 e. The van der Waals surface area contributed by atoms with E-state index in [1.54, 1.807) is 14.2 Å². The lowest BCUT2D eigenvalue weighted by atomic mass is 10.1. The van der Waals surface area contributed by atoms with Crippen LogP contribution in [0.3, 0.4) is 0 Å². The molecule has 3 aromatic rings. The normalized spacial score (nSPS) is 10.4. The van der Waals surface area contributed by atoms with Crippen molar-refractivity contribution >= 4 is 23.3 Å². The van der Waals surface area contributed by atoms with Gasteiger partial charge in [-0.15, -0.1) is 0 Å². The van der Waals surface area contributed by atoms with Crippen molar-refractivity contribution in [2.45, 2.75) is 4.90 Å². The Morgan fingerprint density at radius 2 is 1.79 bits per heavy atom. The van der Waals surface area contributed by atoms with E-state index in [1.807, 2.05) is 54.6 Å². The van der Waals surface area contributed by atoms with Crippen LogP contribution in [0.15, 0.2) is 65.6 Å². The van der Waals surface area contributed by atoms with Crippen molar-refractivity contribution in [3.05, 3.63) is 60.7 Å². The molecule has 0 spiro atoms. The molecule has 4 N–H and O–H groups in total.